The van der Waals surface area contributed by atoms with Crippen LogP contribution in [-0.4, -0.2) is 77.4 Å². The summed E-state index contributed by atoms with van der Waals surface area (Å²) in [5.74, 6) is -0.239. The first-order chi connectivity index (χ1) is 18.8. The molecule has 0 spiro atoms. The second-order valence-corrected chi connectivity index (χ2v) is 13.3. The fourth-order valence-corrected chi connectivity index (χ4v) is 7.46. The molecule has 3 atom stereocenters. The van der Waals surface area contributed by atoms with Gasteiger partial charge in [0.25, 0.3) is 5.91 Å². The molecule has 6 heterocycles. The minimum atomic E-state index is -3.76. The minimum Gasteiger partial charge on any atom is -0.384 e. The molecule has 0 aromatic carbocycles. The molecule has 2 saturated heterocycles. The predicted molar refractivity (Wildman–Crippen MR) is 145 cm³/mol. The Balaban J connectivity index is 1.44. The molecule has 6 rings (SSSR count). The third-order valence-corrected chi connectivity index (χ3v) is 9.14. The van der Waals surface area contributed by atoms with Gasteiger partial charge in [0.2, 0.25) is 5.82 Å². The molecule has 0 unspecified atom stereocenters. The molecular weight excluding hydrogens is 534 g/mol. The first kappa shape index (κ1) is 26.3. The predicted octanol–water partition coefficient (Wildman–Crippen LogP) is 1.98. The van der Waals surface area contributed by atoms with Crippen LogP contribution in [0.4, 0.5) is 5.82 Å². The van der Waals surface area contributed by atoms with E-state index in [1.54, 1.807) is 26.2 Å². The smallest absolute Gasteiger partial charge is 0.292 e. The van der Waals surface area contributed by atoms with Gasteiger partial charge in [0.05, 0.1) is 17.6 Å². The van der Waals surface area contributed by atoms with Crippen molar-refractivity contribution in [2.24, 2.45) is 0 Å². The summed E-state index contributed by atoms with van der Waals surface area (Å²) >= 11 is 0. The lowest BCUT2D eigenvalue weighted by Gasteiger charge is -2.38. The zero-order valence-electron chi connectivity index (χ0n) is 22.7. The molecule has 40 heavy (non-hydrogen) atoms. The first-order valence-electron chi connectivity index (χ1n) is 13.1. The maximum absolute atomic E-state index is 13.1. The number of rotatable bonds is 5. The Labute approximate surface area is 230 Å². The number of fused-ring (bicyclic) bond motifs is 3. The molecule has 2 aliphatic rings. The lowest BCUT2D eigenvalue weighted by Crippen LogP contribution is -2.46. The van der Waals surface area contributed by atoms with Crippen LogP contribution in [0.25, 0.3) is 16.8 Å². The summed E-state index contributed by atoms with van der Waals surface area (Å²) in [6, 6.07) is 1.73. The highest BCUT2D eigenvalue weighted by molar-refractivity contribution is 7.91. The monoisotopic (exact) mass is 565 g/mol. The molecule has 0 radical (unpaired) electrons. The Bertz CT molecular complexity index is 1730. The fraction of sp³-hybridized carbons (Fsp3) is 0.462. The zero-order chi connectivity index (χ0) is 28.6. The van der Waals surface area contributed by atoms with Crippen LogP contribution in [0, 0.1) is 6.92 Å². The number of aryl methyl sites for hydroxylation is 1. The third-order valence-electron chi connectivity index (χ3n) is 7.98. The number of aromatic amines is 1. The molecule has 2 aliphatic heterocycles. The summed E-state index contributed by atoms with van der Waals surface area (Å²) < 4.78 is 27.4. The number of nitrogens with one attached hydrogen (secondary N) is 1. The van der Waals surface area contributed by atoms with Gasteiger partial charge in [-0.15, -0.1) is 10.2 Å². The first-order valence-corrected chi connectivity index (χ1v) is 15.0. The van der Waals surface area contributed by atoms with Crippen molar-refractivity contribution in [3.05, 3.63) is 47.6 Å². The van der Waals surface area contributed by atoms with E-state index in [0.29, 0.717) is 35.4 Å². The van der Waals surface area contributed by atoms with Gasteiger partial charge < -0.3 is 20.7 Å². The van der Waals surface area contributed by atoms with Gasteiger partial charge in [0.1, 0.15) is 22.6 Å². The van der Waals surface area contributed by atoms with Crippen molar-refractivity contribution in [3.63, 3.8) is 0 Å². The zero-order valence-corrected chi connectivity index (χ0v) is 23.5. The Kier molecular flexibility index (Phi) is 5.96. The van der Waals surface area contributed by atoms with Gasteiger partial charge in [0, 0.05) is 41.6 Å². The summed E-state index contributed by atoms with van der Waals surface area (Å²) in [6.45, 7) is 5.22. The number of sulfone groups is 1. The average molecular weight is 566 g/mol. The summed E-state index contributed by atoms with van der Waals surface area (Å²) in [7, 11) is -3.76. The number of H-pyrrole nitrogens is 1. The number of carbonyl (C=O) groups excluding carboxylic acids is 1. The van der Waals surface area contributed by atoms with Crippen LogP contribution in [0.5, 0.6) is 0 Å². The number of aliphatic hydroxyl groups is 1. The number of nitrogens with zero attached hydrogens (tertiary/aromatic N) is 7. The molecule has 14 heteroatoms. The van der Waals surface area contributed by atoms with Crippen molar-refractivity contribution in [1.29, 1.82) is 0 Å². The maximum atomic E-state index is 13.1. The van der Waals surface area contributed by atoms with E-state index < -0.39 is 15.4 Å². The van der Waals surface area contributed by atoms with Crippen LogP contribution in [-0.2, 0) is 15.4 Å². The number of hydrogen-bond donors (Lipinski definition) is 3. The fourth-order valence-electron chi connectivity index (χ4n) is 6.41. The van der Waals surface area contributed by atoms with Gasteiger partial charge in [-0.05, 0) is 58.1 Å². The minimum absolute atomic E-state index is 0.000874. The normalized spacial score (nSPS) is 21.3. The van der Waals surface area contributed by atoms with Gasteiger partial charge >= 0.3 is 0 Å². The number of aromatic nitrogens is 7. The standard InChI is InChI=1S/C26H31N9O4S/c1-13-7-15(10-28-21(13)26(2,3)37)18-11-31-35-22(27)20(40(4,38)39)19(32-24(18)35)14-8-16-5-6-17(9-14)34(16)25(36)23-29-12-30-33-23/h7,10-12,14,16-17,37H,5-6,8-9,27H2,1-4H3,(H,29,30,33)/t14-,16+,17-. The molecule has 2 bridgehead atoms. The van der Waals surface area contributed by atoms with Crippen LogP contribution >= 0.6 is 0 Å². The number of amides is 1. The molecule has 4 aromatic heterocycles. The van der Waals surface area contributed by atoms with E-state index >= 15 is 0 Å². The number of nitrogen functional groups attached to an aromatic ring is 1. The van der Waals surface area contributed by atoms with Crippen molar-refractivity contribution in [3.8, 4) is 11.1 Å². The average Bonchev–Trinajstić information content (AvgIpc) is 3.60. The lowest BCUT2D eigenvalue weighted by molar-refractivity contribution is 0.0556. The maximum Gasteiger partial charge on any atom is 0.292 e. The molecule has 4 aromatic rings. The Morgan fingerprint density at radius 1 is 1.20 bits per heavy atom. The van der Waals surface area contributed by atoms with Crippen LogP contribution in [0.2, 0.25) is 0 Å². The van der Waals surface area contributed by atoms with Gasteiger partial charge in [-0.3, -0.25) is 9.78 Å². The van der Waals surface area contributed by atoms with E-state index in [1.807, 2.05) is 17.9 Å². The number of nitrogens with two attached hydrogens (primary N) is 1. The number of anilines is 1. The van der Waals surface area contributed by atoms with Crippen molar-refractivity contribution in [1.82, 2.24) is 39.7 Å². The van der Waals surface area contributed by atoms with Crippen molar-refractivity contribution < 1.29 is 18.3 Å². The molecule has 1 amide bonds. The van der Waals surface area contributed by atoms with Gasteiger partial charge in [-0.25, -0.2) is 13.4 Å². The largest absolute Gasteiger partial charge is 0.384 e. The number of piperidine rings is 1. The molecule has 210 valence electrons. The van der Waals surface area contributed by atoms with E-state index in [2.05, 4.69) is 25.3 Å². The second kappa shape index (κ2) is 9.06. The molecule has 0 saturated carbocycles. The molecule has 4 N–H and O–H groups in total. The summed E-state index contributed by atoms with van der Waals surface area (Å²) in [4.78, 5) is 27.1. The molecular formula is C26H31N9O4S. The van der Waals surface area contributed by atoms with Crippen LogP contribution < -0.4 is 5.73 Å². The molecule has 0 aliphatic carbocycles. The third kappa shape index (κ3) is 4.22. The molecule has 2 fully saturated rings. The van der Waals surface area contributed by atoms with E-state index in [-0.39, 0.29) is 40.4 Å². The number of pyridine rings is 1. The summed E-state index contributed by atoms with van der Waals surface area (Å²) in [5.41, 5.74) is 8.92. The Hall–Kier alpha value is -3.91. The second-order valence-electron chi connectivity index (χ2n) is 11.3. The van der Waals surface area contributed by atoms with E-state index in [9.17, 15) is 18.3 Å². The van der Waals surface area contributed by atoms with E-state index in [1.165, 1.54) is 10.8 Å². The number of carbonyl (C=O) groups is 1. The summed E-state index contributed by atoms with van der Waals surface area (Å²) in [5, 5.41) is 22.4. The SMILES string of the molecule is Cc1cc(-c2cnn3c(N)c(S(C)(=O)=O)c([C@H]4C[C@H]5CC[C@@H](C4)N5C(=O)c4nnc[nH]4)nc23)cnc1C(C)(C)O. The number of hydrogen-bond acceptors (Lipinski definition) is 10. The van der Waals surface area contributed by atoms with Crippen LogP contribution in [0.3, 0.4) is 0 Å². The lowest BCUT2D eigenvalue weighted by atomic mass is 9.87. The topological polar surface area (TPSA) is 185 Å². The van der Waals surface area contributed by atoms with Crippen LogP contribution in [0.15, 0.2) is 29.7 Å². The molecule has 13 nitrogen and oxygen atoms in total. The van der Waals surface area contributed by atoms with Crippen molar-refractivity contribution >= 4 is 27.2 Å². The van der Waals surface area contributed by atoms with Crippen molar-refractivity contribution in [2.75, 3.05) is 12.0 Å². The Morgan fingerprint density at radius 3 is 2.48 bits per heavy atom. The van der Waals surface area contributed by atoms with Gasteiger partial charge in [0.15, 0.2) is 15.5 Å². The van der Waals surface area contributed by atoms with E-state index in [0.717, 1.165) is 30.2 Å². The van der Waals surface area contributed by atoms with Gasteiger partial charge in [-0.1, -0.05) is 0 Å². The highest BCUT2D eigenvalue weighted by Crippen LogP contribution is 2.45. The Morgan fingerprint density at radius 2 is 1.90 bits per heavy atom. The highest BCUT2D eigenvalue weighted by atomic mass is 32.2. The van der Waals surface area contributed by atoms with Crippen molar-refractivity contribution in [2.45, 2.75) is 75.0 Å². The quantitative estimate of drug-likeness (QED) is 0.323. The highest BCUT2D eigenvalue weighted by Gasteiger charge is 2.46. The van der Waals surface area contributed by atoms with E-state index in [4.69, 9.17) is 10.7 Å². The summed E-state index contributed by atoms with van der Waals surface area (Å²) in [6.07, 6.45) is 8.45. The van der Waals surface area contributed by atoms with Gasteiger partial charge in [-0.2, -0.15) is 9.61 Å². The van der Waals surface area contributed by atoms with Crippen LogP contribution in [0.1, 0.15) is 73.0 Å².